The highest BCUT2D eigenvalue weighted by Crippen LogP contribution is 2.35. The van der Waals surface area contributed by atoms with Gasteiger partial charge in [0.25, 0.3) is 5.89 Å². The Hall–Kier alpha value is -1.88. The molecular weight excluding hydrogens is 250 g/mol. The third-order valence-electron chi connectivity index (χ3n) is 3.23. The van der Waals surface area contributed by atoms with Gasteiger partial charge in [-0.05, 0) is 37.0 Å². The van der Waals surface area contributed by atoms with Crippen LogP contribution in [0.15, 0.2) is 32.0 Å². The van der Waals surface area contributed by atoms with Crippen LogP contribution in [-0.2, 0) is 12.8 Å². The molecule has 0 aliphatic heterocycles. The van der Waals surface area contributed by atoms with Gasteiger partial charge in [0.15, 0.2) is 5.76 Å². The molecule has 0 saturated carbocycles. The Morgan fingerprint density at radius 3 is 3.11 bits per heavy atom. The average Bonchev–Trinajstić information content (AvgIpc) is 3.04. The van der Waals surface area contributed by atoms with Crippen molar-refractivity contribution in [2.24, 2.45) is 0 Å². The number of aromatic nitrogens is 1. The molecule has 0 fully saturated rings. The number of fused-ring (bicyclic) bond motifs is 3. The molecule has 90 valence electrons. The monoisotopic (exact) mass is 259 g/mol. The molecule has 5 heteroatoms. The van der Waals surface area contributed by atoms with Crippen LogP contribution in [0, 0.1) is 0 Å². The molecular formula is C13H9NO3S. The molecule has 0 unspecified atom stereocenters. The van der Waals surface area contributed by atoms with Crippen LogP contribution in [0.3, 0.4) is 0 Å². The van der Waals surface area contributed by atoms with E-state index in [4.69, 9.17) is 8.83 Å². The summed E-state index contributed by atoms with van der Waals surface area (Å²) in [5, 5.41) is 0.669. The van der Waals surface area contributed by atoms with Gasteiger partial charge in [0.05, 0.1) is 6.26 Å². The lowest BCUT2D eigenvalue weighted by Crippen LogP contribution is -2.02. The van der Waals surface area contributed by atoms with Crippen LogP contribution in [0.4, 0.5) is 0 Å². The molecule has 3 aromatic heterocycles. The Morgan fingerprint density at radius 1 is 1.33 bits per heavy atom. The third kappa shape index (κ3) is 1.31. The lowest BCUT2D eigenvalue weighted by molar-refractivity contribution is 0.482. The first-order valence-corrected chi connectivity index (χ1v) is 6.64. The number of thiophene rings is 1. The summed E-state index contributed by atoms with van der Waals surface area (Å²) in [6, 6.07) is 3.48. The molecule has 4 rings (SSSR count). The Labute approximate surface area is 106 Å². The zero-order chi connectivity index (χ0) is 12.1. The van der Waals surface area contributed by atoms with E-state index in [1.165, 1.54) is 11.1 Å². The predicted molar refractivity (Wildman–Crippen MR) is 67.9 cm³/mol. The second-order valence-corrected chi connectivity index (χ2v) is 5.40. The van der Waals surface area contributed by atoms with Crippen molar-refractivity contribution in [1.82, 2.24) is 4.98 Å². The number of hydrogen-bond donors (Lipinski definition) is 0. The fourth-order valence-corrected chi connectivity index (χ4v) is 3.68. The molecule has 0 amide bonds. The zero-order valence-corrected chi connectivity index (χ0v) is 10.3. The SMILES string of the molecule is O=c1oc(-c2ccco2)nc2sc3c(c12)CCC3. The van der Waals surface area contributed by atoms with Crippen molar-refractivity contribution in [2.75, 3.05) is 0 Å². The van der Waals surface area contributed by atoms with Gasteiger partial charge >= 0.3 is 5.63 Å². The molecule has 1 aliphatic carbocycles. The van der Waals surface area contributed by atoms with Crippen LogP contribution in [0.2, 0.25) is 0 Å². The maximum Gasteiger partial charge on any atom is 0.348 e. The number of furan rings is 1. The smallest absolute Gasteiger partial charge is 0.348 e. The highest BCUT2D eigenvalue weighted by atomic mass is 32.1. The summed E-state index contributed by atoms with van der Waals surface area (Å²) in [5.41, 5.74) is 0.841. The van der Waals surface area contributed by atoms with E-state index < -0.39 is 0 Å². The summed E-state index contributed by atoms with van der Waals surface area (Å²) >= 11 is 1.60. The molecule has 3 heterocycles. The Bertz CT molecular complexity index is 783. The number of rotatable bonds is 1. The van der Waals surface area contributed by atoms with Crippen LogP contribution in [0.1, 0.15) is 16.9 Å². The van der Waals surface area contributed by atoms with Crippen molar-refractivity contribution in [3.05, 3.63) is 39.3 Å². The van der Waals surface area contributed by atoms with Crippen LogP contribution in [0.25, 0.3) is 21.9 Å². The Balaban J connectivity index is 2.03. The normalized spacial score (nSPS) is 14.2. The lowest BCUT2D eigenvalue weighted by atomic mass is 10.2. The average molecular weight is 259 g/mol. The van der Waals surface area contributed by atoms with E-state index in [-0.39, 0.29) is 11.5 Å². The second kappa shape index (κ2) is 3.55. The third-order valence-corrected chi connectivity index (χ3v) is 4.42. The quantitative estimate of drug-likeness (QED) is 0.674. The van der Waals surface area contributed by atoms with Gasteiger partial charge in [-0.3, -0.25) is 0 Å². The van der Waals surface area contributed by atoms with Gasteiger partial charge in [-0.25, -0.2) is 4.79 Å². The topological polar surface area (TPSA) is 56.2 Å². The minimum absolute atomic E-state index is 0.262. The summed E-state index contributed by atoms with van der Waals surface area (Å²) < 4.78 is 10.5. The summed E-state index contributed by atoms with van der Waals surface area (Å²) in [7, 11) is 0. The molecule has 4 nitrogen and oxygen atoms in total. The minimum atomic E-state index is -0.300. The molecule has 0 bridgehead atoms. The highest BCUT2D eigenvalue weighted by molar-refractivity contribution is 7.18. The van der Waals surface area contributed by atoms with Gasteiger partial charge in [-0.2, -0.15) is 4.98 Å². The highest BCUT2D eigenvalue weighted by Gasteiger charge is 2.22. The van der Waals surface area contributed by atoms with E-state index in [1.807, 2.05) is 0 Å². The maximum atomic E-state index is 12.1. The van der Waals surface area contributed by atoms with Crippen LogP contribution in [-0.4, -0.2) is 4.98 Å². The van der Waals surface area contributed by atoms with Crippen molar-refractivity contribution in [3.8, 4) is 11.7 Å². The summed E-state index contributed by atoms with van der Waals surface area (Å²) in [4.78, 5) is 18.5. The molecule has 1 aliphatic rings. The van der Waals surface area contributed by atoms with Crippen LogP contribution < -0.4 is 5.63 Å². The van der Waals surface area contributed by atoms with E-state index in [0.29, 0.717) is 11.1 Å². The fraction of sp³-hybridized carbons (Fsp3) is 0.231. The largest absolute Gasteiger partial charge is 0.459 e. The number of nitrogens with zero attached hydrogens (tertiary/aromatic N) is 1. The van der Waals surface area contributed by atoms with Gasteiger partial charge in [0.1, 0.15) is 10.2 Å². The van der Waals surface area contributed by atoms with E-state index in [1.54, 1.807) is 23.5 Å². The first-order valence-electron chi connectivity index (χ1n) is 5.82. The minimum Gasteiger partial charge on any atom is -0.459 e. The van der Waals surface area contributed by atoms with Crippen molar-refractivity contribution in [2.45, 2.75) is 19.3 Å². The first-order chi connectivity index (χ1) is 8.83. The Kier molecular flexibility index (Phi) is 1.99. The molecule has 0 atom stereocenters. The van der Waals surface area contributed by atoms with Crippen molar-refractivity contribution in [3.63, 3.8) is 0 Å². The summed E-state index contributed by atoms with van der Waals surface area (Å²) in [6.45, 7) is 0. The molecule has 0 N–H and O–H groups in total. The van der Waals surface area contributed by atoms with E-state index in [2.05, 4.69) is 4.98 Å². The molecule has 0 radical (unpaired) electrons. The van der Waals surface area contributed by atoms with Gasteiger partial charge in [0, 0.05) is 4.88 Å². The van der Waals surface area contributed by atoms with E-state index >= 15 is 0 Å². The first kappa shape index (κ1) is 10.1. The van der Waals surface area contributed by atoms with Crippen molar-refractivity contribution < 1.29 is 8.83 Å². The standard InChI is InChI=1S/C13H9NO3S/c15-13-10-7-3-1-5-9(7)18-12(10)14-11(17-13)8-4-2-6-16-8/h2,4,6H,1,3,5H2. The summed E-state index contributed by atoms with van der Waals surface area (Å²) in [5.74, 6) is 0.750. The second-order valence-electron chi connectivity index (χ2n) is 4.32. The van der Waals surface area contributed by atoms with E-state index in [9.17, 15) is 4.79 Å². The van der Waals surface area contributed by atoms with Crippen molar-refractivity contribution >= 4 is 21.6 Å². The summed E-state index contributed by atoms with van der Waals surface area (Å²) in [6.07, 6.45) is 4.67. The molecule has 0 saturated heterocycles. The molecule has 3 aromatic rings. The fourth-order valence-electron chi connectivity index (χ4n) is 2.44. The number of hydrogen-bond acceptors (Lipinski definition) is 5. The zero-order valence-electron chi connectivity index (χ0n) is 9.43. The van der Waals surface area contributed by atoms with Crippen molar-refractivity contribution in [1.29, 1.82) is 0 Å². The van der Waals surface area contributed by atoms with Gasteiger partial charge in [0.2, 0.25) is 0 Å². The van der Waals surface area contributed by atoms with Gasteiger partial charge in [-0.1, -0.05) is 0 Å². The lowest BCUT2D eigenvalue weighted by Gasteiger charge is -1.95. The molecule has 0 spiro atoms. The van der Waals surface area contributed by atoms with Crippen LogP contribution in [0.5, 0.6) is 0 Å². The van der Waals surface area contributed by atoms with Gasteiger partial charge < -0.3 is 8.83 Å². The maximum absolute atomic E-state index is 12.1. The molecule has 18 heavy (non-hydrogen) atoms. The van der Waals surface area contributed by atoms with Crippen LogP contribution >= 0.6 is 11.3 Å². The Morgan fingerprint density at radius 2 is 2.28 bits per heavy atom. The predicted octanol–water partition coefficient (Wildman–Crippen LogP) is 3.00. The number of aryl methyl sites for hydroxylation is 2. The van der Waals surface area contributed by atoms with Gasteiger partial charge in [-0.15, -0.1) is 11.3 Å². The molecule has 0 aromatic carbocycles. The van der Waals surface area contributed by atoms with E-state index in [0.717, 1.165) is 29.7 Å².